The molecule has 3 saturated carbocycles. The molecule has 4 bridgehead atoms. The van der Waals surface area contributed by atoms with Crippen LogP contribution in [-0.4, -0.2) is 79.1 Å². The predicted molar refractivity (Wildman–Crippen MR) is 207 cm³/mol. The standard InChI is InChI=1S/C42H56N4O8S/c1-5-30-23-42(30,40(50)45-55(51,52)31-13-14-31)44-38(48)35-19-26-18-34-32-20-29(36(53-4)21-28(32)15-17-43-34)12-9-16-41(2,3)25-54-37(47)22-33(39(49)46(35)24-26)27-10-7-6-8-11-27/h5,15,17,20-21,26-27,30-31,33,35H,1,6-14,16,18-19,22-25H2,2-4H3,(H,44,48)(H,45,50)/t26-,30-,33+,35+,42-/m1/s1. The molecule has 0 spiro atoms. The van der Waals surface area contributed by atoms with Gasteiger partial charge in [-0.05, 0) is 111 Å². The Hall–Kier alpha value is -4.00. The van der Waals surface area contributed by atoms with Gasteiger partial charge in [0, 0.05) is 29.7 Å². The highest BCUT2D eigenvalue weighted by Gasteiger charge is 2.62. The molecule has 7 rings (SSSR count). The maximum Gasteiger partial charge on any atom is 0.306 e. The van der Waals surface area contributed by atoms with E-state index in [-0.39, 0.29) is 49.2 Å². The van der Waals surface area contributed by atoms with E-state index in [1.165, 1.54) is 0 Å². The first-order chi connectivity index (χ1) is 26.2. The molecule has 0 unspecified atom stereocenters. The number of pyridine rings is 1. The van der Waals surface area contributed by atoms with Crippen LogP contribution < -0.4 is 14.8 Å². The highest BCUT2D eigenvalue weighted by Crippen LogP contribution is 2.46. The van der Waals surface area contributed by atoms with Gasteiger partial charge in [0.2, 0.25) is 21.8 Å². The summed E-state index contributed by atoms with van der Waals surface area (Å²) in [5, 5.41) is 4.30. The summed E-state index contributed by atoms with van der Waals surface area (Å²) in [7, 11) is -2.20. The lowest BCUT2D eigenvalue weighted by atomic mass is 9.77. The molecular weight excluding hydrogens is 721 g/mol. The average Bonchev–Trinajstić information content (AvgIpc) is 4.09. The van der Waals surface area contributed by atoms with Gasteiger partial charge >= 0.3 is 5.97 Å². The van der Waals surface area contributed by atoms with Crippen LogP contribution in [0.2, 0.25) is 0 Å². The zero-order valence-corrected chi connectivity index (χ0v) is 33.3. The summed E-state index contributed by atoms with van der Waals surface area (Å²) in [5.74, 6) is -2.47. The van der Waals surface area contributed by atoms with Crippen LogP contribution in [0.1, 0.15) is 102 Å². The van der Waals surface area contributed by atoms with E-state index in [2.05, 4.69) is 36.5 Å². The highest BCUT2D eigenvalue weighted by molar-refractivity contribution is 7.91. The number of cyclic esters (lactones) is 1. The largest absolute Gasteiger partial charge is 0.496 e. The van der Waals surface area contributed by atoms with Gasteiger partial charge in [-0.1, -0.05) is 39.2 Å². The fraction of sp³-hybridized carbons (Fsp3) is 0.643. The molecule has 3 amide bonds. The molecule has 2 N–H and O–H groups in total. The van der Waals surface area contributed by atoms with E-state index < -0.39 is 56.5 Å². The molecule has 5 atom stereocenters. The second-order valence-electron chi connectivity index (χ2n) is 17.5. The van der Waals surface area contributed by atoms with E-state index in [4.69, 9.17) is 14.5 Å². The van der Waals surface area contributed by atoms with Gasteiger partial charge in [0.1, 0.15) is 17.3 Å². The van der Waals surface area contributed by atoms with Gasteiger partial charge in [0.15, 0.2) is 0 Å². The second kappa shape index (κ2) is 15.5. The molecule has 13 heteroatoms. The summed E-state index contributed by atoms with van der Waals surface area (Å²) >= 11 is 0. The number of benzene rings is 1. The molecule has 1 saturated heterocycles. The maximum atomic E-state index is 14.9. The number of aryl methyl sites for hydroxylation is 1. The maximum absolute atomic E-state index is 14.9. The van der Waals surface area contributed by atoms with E-state index in [1.807, 2.05) is 12.1 Å². The third kappa shape index (κ3) is 8.42. The predicted octanol–water partition coefficient (Wildman–Crippen LogP) is 5.16. The van der Waals surface area contributed by atoms with Crippen LogP contribution in [0, 0.1) is 29.1 Å². The quantitative estimate of drug-likeness (QED) is 0.273. The highest BCUT2D eigenvalue weighted by atomic mass is 32.2. The molecular formula is C42H56N4O8S. The molecule has 55 heavy (non-hydrogen) atoms. The van der Waals surface area contributed by atoms with Gasteiger partial charge < -0.3 is 19.7 Å². The summed E-state index contributed by atoms with van der Waals surface area (Å²) < 4.78 is 39.5. The van der Waals surface area contributed by atoms with Gasteiger partial charge in [-0.3, -0.25) is 28.9 Å². The Morgan fingerprint density at radius 2 is 1.84 bits per heavy atom. The van der Waals surface area contributed by atoms with Crippen LogP contribution >= 0.6 is 0 Å². The SMILES string of the molecule is C=C[C@@H]1C[C@]1(NC(=O)[C@@H]1C[C@H]2Cc3nccc4cc(OC)c(cc34)CCCC(C)(C)COC(=O)C[C@@H](C3CCCCC3)C(=O)N1C2)C(=O)NS(=O)(=O)C1CC1. The van der Waals surface area contributed by atoms with E-state index in [0.29, 0.717) is 25.7 Å². The van der Waals surface area contributed by atoms with E-state index in [0.717, 1.165) is 79.1 Å². The summed E-state index contributed by atoms with van der Waals surface area (Å²) in [4.78, 5) is 63.1. The second-order valence-corrected chi connectivity index (χ2v) is 19.5. The number of esters is 1. The first-order valence-electron chi connectivity index (χ1n) is 20.1. The molecule has 12 nitrogen and oxygen atoms in total. The number of aromatic nitrogens is 1. The van der Waals surface area contributed by atoms with Crippen LogP contribution in [0.5, 0.6) is 5.75 Å². The third-order valence-electron chi connectivity index (χ3n) is 12.8. The minimum absolute atomic E-state index is 0.0263. The van der Waals surface area contributed by atoms with Crippen molar-refractivity contribution in [2.75, 3.05) is 20.3 Å². The first-order valence-corrected chi connectivity index (χ1v) is 21.7. The van der Waals surface area contributed by atoms with Crippen molar-refractivity contribution < 1.29 is 37.1 Å². The van der Waals surface area contributed by atoms with Gasteiger partial charge in [-0.2, -0.15) is 0 Å². The van der Waals surface area contributed by atoms with Crippen molar-refractivity contribution in [3.05, 3.63) is 48.3 Å². The molecule has 2 aliphatic heterocycles. The van der Waals surface area contributed by atoms with Gasteiger partial charge in [0.25, 0.3) is 5.91 Å². The van der Waals surface area contributed by atoms with Crippen LogP contribution in [0.15, 0.2) is 37.1 Å². The number of nitrogens with zero attached hydrogens (tertiary/aromatic N) is 2. The molecule has 5 aliphatic rings. The van der Waals surface area contributed by atoms with Crippen molar-refractivity contribution in [2.24, 2.45) is 29.1 Å². The van der Waals surface area contributed by atoms with E-state index in [9.17, 15) is 27.6 Å². The van der Waals surface area contributed by atoms with Gasteiger partial charge in [0.05, 0.1) is 31.3 Å². The molecule has 3 heterocycles. The van der Waals surface area contributed by atoms with E-state index in [1.54, 1.807) is 24.3 Å². The Kier molecular flexibility index (Phi) is 11.1. The zero-order chi connectivity index (χ0) is 39.1. The molecule has 4 fully saturated rings. The molecule has 298 valence electrons. The Labute approximate surface area is 324 Å². The molecule has 1 aromatic carbocycles. The fourth-order valence-electron chi connectivity index (χ4n) is 9.26. The van der Waals surface area contributed by atoms with Crippen molar-refractivity contribution in [1.82, 2.24) is 19.9 Å². The molecule has 1 aromatic heterocycles. The molecule has 3 aliphatic carbocycles. The fourth-order valence-corrected chi connectivity index (χ4v) is 10.6. The molecule has 0 radical (unpaired) electrons. The number of hydrogen-bond donors (Lipinski definition) is 2. The van der Waals surface area contributed by atoms with Crippen LogP contribution in [0.3, 0.4) is 0 Å². The minimum Gasteiger partial charge on any atom is -0.496 e. The number of nitrogens with one attached hydrogen (secondary N) is 2. The van der Waals surface area contributed by atoms with Gasteiger partial charge in [-0.15, -0.1) is 6.58 Å². The molecule has 2 aromatic rings. The van der Waals surface area contributed by atoms with Crippen molar-refractivity contribution in [2.45, 2.75) is 121 Å². The Morgan fingerprint density at radius 1 is 1.07 bits per heavy atom. The van der Waals surface area contributed by atoms with Crippen LogP contribution in [-0.2, 0) is 46.8 Å². The van der Waals surface area contributed by atoms with E-state index >= 15 is 0 Å². The number of amides is 3. The number of sulfonamides is 1. The number of methoxy groups -OCH3 is 1. The zero-order valence-electron chi connectivity index (χ0n) is 32.4. The van der Waals surface area contributed by atoms with Gasteiger partial charge in [-0.25, -0.2) is 8.42 Å². The first kappa shape index (κ1) is 39.2. The number of rotatable bonds is 8. The number of hydrogen-bond acceptors (Lipinski definition) is 9. The Bertz CT molecular complexity index is 1950. The minimum atomic E-state index is -3.86. The number of fused-ring (bicyclic) bond motifs is 3. The van der Waals surface area contributed by atoms with Crippen LogP contribution in [0.4, 0.5) is 0 Å². The Balaban J connectivity index is 1.24. The Morgan fingerprint density at radius 3 is 2.53 bits per heavy atom. The topological polar surface area (TPSA) is 161 Å². The number of carbonyl (C=O) groups excluding carboxylic acids is 4. The van der Waals surface area contributed by atoms with Crippen molar-refractivity contribution in [1.29, 1.82) is 0 Å². The lowest BCUT2D eigenvalue weighted by Gasteiger charge is -2.34. The lowest BCUT2D eigenvalue weighted by molar-refractivity contribution is -0.154. The lowest BCUT2D eigenvalue weighted by Crippen LogP contribution is -2.57. The number of carbonyl (C=O) groups is 4. The monoisotopic (exact) mass is 776 g/mol. The summed E-state index contributed by atoms with van der Waals surface area (Å²) in [6, 6.07) is 5.20. The van der Waals surface area contributed by atoms with Crippen molar-refractivity contribution in [3.63, 3.8) is 0 Å². The summed E-state index contributed by atoms with van der Waals surface area (Å²) in [6.07, 6.45) is 12.3. The normalized spacial score (nSPS) is 29.2. The third-order valence-corrected chi connectivity index (χ3v) is 14.6. The summed E-state index contributed by atoms with van der Waals surface area (Å²) in [6.45, 7) is 8.49. The number of ether oxygens (including phenoxy) is 2. The van der Waals surface area contributed by atoms with Crippen molar-refractivity contribution >= 4 is 44.5 Å². The van der Waals surface area contributed by atoms with Crippen molar-refractivity contribution in [3.8, 4) is 5.75 Å². The average molecular weight is 777 g/mol. The smallest absolute Gasteiger partial charge is 0.306 e. The van der Waals surface area contributed by atoms with Crippen LogP contribution in [0.25, 0.3) is 10.8 Å². The summed E-state index contributed by atoms with van der Waals surface area (Å²) in [5.41, 5.74) is 0.150.